The van der Waals surface area contributed by atoms with Crippen LogP contribution in [-0.2, 0) is 4.74 Å². The summed E-state index contributed by atoms with van der Waals surface area (Å²) < 4.78 is 6.39. The number of hydrogen-bond donors (Lipinski definition) is 2. The molecule has 3 nitrogen and oxygen atoms in total. The Hall–Kier alpha value is -0.120. The van der Waals surface area contributed by atoms with E-state index in [4.69, 9.17) is 14.9 Å². The third-order valence-corrected chi connectivity index (χ3v) is 6.96. The van der Waals surface area contributed by atoms with Crippen LogP contribution in [0.1, 0.15) is 181 Å². The fraction of sp³-hybridized carbons (Fsp3) is 1.00. The van der Waals surface area contributed by atoms with Crippen molar-refractivity contribution in [2.75, 3.05) is 19.8 Å². The van der Waals surface area contributed by atoms with Crippen LogP contribution in [0.25, 0.3) is 0 Å². The minimum absolute atomic E-state index is 0.125. The highest BCUT2D eigenvalue weighted by Crippen LogP contribution is 2.18. The average Bonchev–Trinajstić information content (AvgIpc) is 2.88. The molecule has 0 aliphatic rings. The lowest BCUT2D eigenvalue weighted by Gasteiger charge is -2.18. The van der Waals surface area contributed by atoms with Crippen LogP contribution < -0.4 is 0 Å². The van der Waals surface area contributed by atoms with Crippen molar-refractivity contribution in [3.05, 3.63) is 0 Å². The second-order valence-electron chi connectivity index (χ2n) is 10.6. The van der Waals surface area contributed by atoms with E-state index in [1.807, 2.05) is 0 Å². The lowest BCUT2D eigenvalue weighted by molar-refractivity contribution is 0.0357. The van der Waals surface area contributed by atoms with Gasteiger partial charge in [-0.1, -0.05) is 162 Å². The monoisotopic (exact) mass is 501 g/mol. The van der Waals surface area contributed by atoms with E-state index in [1.165, 1.54) is 161 Å². The summed E-state index contributed by atoms with van der Waals surface area (Å²) in [5.41, 5.74) is 0. The third kappa shape index (κ3) is 36.1. The van der Waals surface area contributed by atoms with Gasteiger partial charge in [0.25, 0.3) is 0 Å². The van der Waals surface area contributed by atoms with Gasteiger partial charge >= 0.3 is 0 Å². The van der Waals surface area contributed by atoms with Crippen molar-refractivity contribution >= 4 is 0 Å². The van der Waals surface area contributed by atoms with Gasteiger partial charge in [-0.2, -0.15) is 0 Å². The molecule has 0 radical (unpaired) electrons. The quantitative estimate of drug-likeness (QED) is 0.105. The van der Waals surface area contributed by atoms with Crippen molar-refractivity contribution in [2.24, 2.45) is 0 Å². The summed E-state index contributed by atoms with van der Waals surface area (Å²) in [6, 6.07) is 0. The van der Waals surface area contributed by atoms with E-state index in [0.29, 0.717) is 6.10 Å². The van der Waals surface area contributed by atoms with Gasteiger partial charge in [0.2, 0.25) is 0 Å². The number of ether oxygens (including phenoxy) is 1. The maximum Gasteiger partial charge on any atom is 0.0662 e. The Balaban J connectivity index is 0. The van der Waals surface area contributed by atoms with Crippen LogP contribution in [0.2, 0.25) is 0 Å². The number of aliphatic hydroxyl groups is 2. The van der Waals surface area contributed by atoms with Crippen molar-refractivity contribution < 1.29 is 14.9 Å². The van der Waals surface area contributed by atoms with Crippen LogP contribution in [0, 0.1) is 0 Å². The Morgan fingerprint density at radius 1 is 0.400 bits per heavy atom. The number of hydrogen-bond acceptors (Lipinski definition) is 3. The van der Waals surface area contributed by atoms with Crippen molar-refractivity contribution in [1.29, 1.82) is 0 Å². The van der Waals surface area contributed by atoms with Crippen LogP contribution in [0.3, 0.4) is 0 Å². The molecule has 2 N–H and O–H groups in total. The number of rotatable bonds is 28. The van der Waals surface area contributed by atoms with E-state index in [2.05, 4.69) is 20.8 Å². The maximum atomic E-state index is 7.62. The van der Waals surface area contributed by atoms with E-state index >= 15 is 0 Å². The molecule has 0 heterocycles. The van der Waals surface area contributed by atoms with Crippen molar-refractivity contribution in [2.45, 2.75) is 187 Å². The van der Waals surface area contributed by atoms with E-state index in [0.717, 1.165) is 6.61 Å². The first-order chi connectivity index (χ1) is 17.3. The predicted octanol–water partition coefficient (Wildman–Crippen LogP) is 10.2. The predicted molar refractivity (Wildman–Crippen MR) is 156 cm³/mol. The van der Waals surface area contributed by atoms with Gasteiger partial charge in [0.15, 0.2) is 0 Å². The molecule has 0 amide bonds. The highest BCUT2D eigenvalue weighted by atomic mass is 16.5. The molecular weight excluding hydrogens is 432 g/mol. The van der Waals surface area contributed by atoms with Crippen LogP contribution >= 0.6 is 0 Å². The largest absolute Gasteiger partial charge is 0.394 e. The molecule has 0 spiro atoms. The molecule has 0 atom stereocenters. The average molecular weight is 501 g/mol. The zero-order chi connectivity index (χ0) is 26.1. The van der Waals surface area contributed by atoms with Gasteiger partial charge in [-0.05, 0) is 19.3 Å². The summed E-state index contributed by atoms with van der Waals surface area (Å²) in [5, 5.41) is 15.2. The molecule has 0 aromatic heterocycles. The highest BCUT2D eigenvalue weighted by Gasteiger charge is 2.09. The summed E-state index contributed by atoms with van der Waals surface area (Å²) in [6.45, 7) is 7.67. The van der Waals surface area contributed by atoms with Gasteiger partial charge in [-0.25, -0.2) is 0 Å². The van der Waals surface area contributed by atoms with Crippen molar-refractivity contribution in [3.63, 3.8) is 0 Å². The van der Waals surface area contributed by atoms with E-state index < -0.39 is 0 Å². The fourth-order valence-electron chi connectivity index (χ4n) is 4.63. The lowest BCUT2D eigenvalue weighted by atomic mass is 10.0. The zero-order valence-electron chi connectivity index (χ0n) is 24.7. The van der Waals surface area contributed by atoms with Gasteiger partial charge in [0.1, 0.15) is 0 Å². The summed E-state index contributed by atoms with van der Waals surface area (Å²) in [4.78, 5) is 0. The third-order valence-electron chi connectivity index (χ3n) is 6.96. The Labute approximate surface area is 222 Å². The highest BCUT2D eigenvalue weighted by molar-refractivity contribution is 4.61. The molecule has 3 heteroatoms. The van der Waals surface area contributed by atoms with E-state index in [9.17, 15) is 0 Å². The first kappa shape index (κ1) is 37.0. The molecule has 0 bridgehead atoms. The Bertz CT molecular complexity index is 315. The molecule has 35 heavy (non-hydrogen) atoms. The number of aliphatic hydroxyl groups excluding tert-OH is 2. The molecule has 0 fully saturated rings. The standard InChI is InChI=1S/C30H62O.C2H6O2/c1-4-7-10-13-16-17-20-23-26-29-31-30(27-24-21-18-14-11-8-5-2)28-25-22-19-15-12-9-6-3;3-1-2-4/h30H,4-29H2,1-3H3;3-4H,1-2H2. The SMILES string of the molecule is CCCCCCCCCCCOC(CCCCCCCCC)CCCCCCCCC.OCCO. The number of unbranched alkanes of at least 4 members (excludes halogenated alkanes) is 20. The second-order valence-corrected chi connectivity index (χ2v) is 10.6. The van der Waals surface area contributed by atoms with Crippen LogP contribution in [-0.4, -0.2) is 36.1 Å². The maximum absolute atomic E-state index is 7.62. The van der Waals surface area contributed by atoms with Crippen LogP contribution in [0.5, 0.6) is 0 Å². The van der Waals surface area contributed by atoms with Crippen LogP contribution in [0.4, 0.5) is 0 Å². The molecule has 0 aromatic rings. The molecular formula is C32H68O3. The van der Waals surface area contributed by atoms with Gasteiger partial charge in [0.05, 0.1) is 19.3 Å². The Kier molecular flexibility index (Phi) is 38.1. The first-order valence-electron chi connectivity index (χ1n) is 16.1. The molecule has 0 saturated heterocycles. The molecule has 214 valence electrons. The zero-order valence-corrected chi connectivity index (χ0v) is 24.7. The van der Waals surface area contributed by atoms with E-state index in [1.54, 1.807) is 0 Å². The Morgan fingerprint density at radius 3 is 1.00 bits per heavy atom. The first-order valence-corrected chi connectivity index (χ1v) is 16.1. The van der Waals surface area contributed by atoms with Crippen molar-refractivity contribution in [3.8, 4) is 0 Å². The minimum atomic E-state index is -0.125. The molecule has 0 saturated carbocycles. The van der Waals surface area contributed by atoms with Gasteiger partial charge in [0, 0.05) is 6.61 Å². The molecule has 0 unspecified atom stereocenters. The topological polar surface area (TPSA) is 49.7 Å². The second kappa shape index (κ2) is 36.0. The molecule has 0 aliphatic heterocycles. The fourth-order valence-corrected chi connectivity index (χ4v) is 4.63. The van der Waals surface area contributed by atoms with Crippen LogP contribution in [0.15, 0.2) is 0 Å². The minimum Gasteiger partial charge on any atom is -0.394 e. The van der Waals surface area contributed by atoms with Gasteiger partial charge in [-0.3, -0.25) is 0 Å². The summed E-state index contributed by atoms with van der Waals surface area (Å²) in [6.07, 6.45) is 35.5. The molecule has 0 aliphatic carbocycles. The summed E-state index contributed by atoms with van der Waals surface area (Å²) in [7, 11) is 0. The summed E-state index contributed by atoms with van der Waals surface area (Å²) >= 11 is 0. The Morgan fingerprint density at radius 2 is 0.686 bits per heavy atom. The smallest absolute Gasteiger partial charge is 0.0662 e. The molecule has 0 rings (SSSR count). The molecule has 0 aromatic carbocycles. The van der Waals surface area contributed by atoms with Gasteiger partial charge in [-0.15, -0.1) is 0 Å². The van der Waals surface area contributed by atoms with Gasteiger partial charge < -0.3 is 14.9 Å². The normalized spacial score (nSPS) is 11.1. The summed E-state index contributed by atoms with van der Waals surface area (Å²) in [5.74, 6) is 0. The lowest BCUT2D eigenvalue weighted by Crippen LogP contribution is -2.14. The van der Waals surface area contributed by atoms with E-state index in [-0.39, 0.29) is 13.2 Å². The van der Waals surface area contributed by atoms with Crippen molar-refractivity contribution in [1.82, 2.24) is 0 Å².